The Morgan fingerprint density at radius 3 is 2.40 bits per heavy atom. The molecule has 3 aliphatic rings. The molecule has 0 radical (unpaired) electrons. The molecule has 3 saturated carbocycles. The van der Waals surface area contributed by atoms with E-state index < -0.39 is 0 Å². The smallest absolute Gasteiger partial charge is 0.0717 e. The molecule has 0 aliphatic heterocycles. The minimum absolute atomic E-state index is 0.296. The highest BCUT2D eigenvalue weighted by molar-refractivity contribution is 5.18. The summed E-state index contributed by atoms with van der Waals surface area (Å²) in [4.78, 5) is 0. The standard InChI is InChI=1S/C13H16O2/c14-13-7-12(8-13,9-13)10-15-6-11-4-2-1-3-5-11/h1-5,14H,6-10H2. The van der Waals surface area contributed by atoms with Gasteiger partial charge < -0.3 is 9.84 Å². The van der Waals surface area contributed by atoms with E-state index in [1.54, 1.807) is 0 Å². The van der Waals surface area contributed by atoms with Crippen LogP contribution in [0.3, 0.4) is 0 Å². The Labute approximate surface area is 89.9 Å². The average molecular weight is 204 g/mol. The van der Waals surface area contributed by atoms with E-state index in [9.17, 15) is 5.11 Å². The van der Waals surface area contributed by atoms with Crippen LogP contribution in [0.4, 0.5) is 0 Å². The third-order valence-electron chi connectivity index (χ3n) is 3.63. The maximum absolute atomic E-state index is 9.61. The van der Waals surface area contributed by atoms with Crippen molar-refractivity contribution in [1.29, 1.82) is 0 Å². The first-order valence-corrected chi connectivity index (χ1v) is 5.54. The molecule has 1 aromatic carbocycles. The van der Waals surface area contributed by atoms with Gasteiger partial charge in [0.05, 0.1) is 18.8 Å². The van der Waals surface area contributed by atoms with Crippen LogP contribution in [0.1, 0.15) is 24.8 Å². The highest BCUT2D eigenvalue weighted by atomic mass is 16.5. The molecule has 0 spiro atoms. The van der Waals surface area contributed by atoms with Crippen molar-refractivity contribution in [1.82, 2.24) is 0 Å². The third-order valence-corrected chi connectivity index (χ3v) is 3.63. The second-order valence-corrected chi connectivity index (χ2v) is 5.23. The van der Waals surface area contributed by atoms with E-state index in [4.69, 9.17) is 4.74 Å². The van der Waals surface area contributed by atoms with Gasteiger partial charge in [-0.05, 0) is 24.8 Å². The molecule has 3 aliphatic carbocycles. The van der Waals surface area contributed by atoms with Gasteiger partial charge in [0.15, 0.2) is 0 Å². The number of hydrogen-bond acceptors (Lipinski definition) is 2. The lowest BCUT2D eigenvalue weighted by molar-refractivity contribution is -0.278. The van der Waals surface area contributed by atoms with E-state index in [0.717, 1.165) is 25.9 Å². The lowest BCUT2D eigenvalue weighted by Gasteiger charge is -2.67. The molecule has 0 atom stereocenters. The maximum atomic E-state index is 9.61. The number of ether oxygens (including phenoxy) is 1. The molecular formula is C13H16O2. The van der Waals surface area contributed by atoms with Crippen LogP contribution < -0.4 is 0 Å². The first-order valence-electron chi connectivity index (χ1n) is 5.54. The van der Waals surface area contributed by atoms with Crippen LogP contribution in [0.2, 0.25) is 0 Å². The summed E-state index contributed by atoms with van der Waals surface area (Å²) in [6.45, 7) is 1.51. The average Bonchev–Trinajstić information content (AvgIpc) is 2.15. The highest BCUT2D eigenvalue weighted by Crippen LogP contribution is 2.67. The van der Waals surface area contributed by atoms with Crippen LogP contribution >= 0.6 is 0 Å². The Bertz CT molecular complexity index is 338. The largest absolute Gasteiger partial charge is 0.390 e. The van der Waals surface area contributed by atoms with Crippen LogP contribution in [-0.4, -0.2) is 17.3 Å². The molecule has 1 N–H and O–H groups in total. The van der Waals surface area contributed by atoms with Crippen molar-refractivity contribution in [3.05, 3.63) is 35.9 Å². The molecule has 0 unspecified atom stereocenters. The van der Waals surface area contributed by atoms with Gasteiger partial charge >= 0.3 is 0 Å². The van der Waals surface area contributed by atoms with Gasteiger partial charge in [-0.15, -0.1) is 0 Å². The zero-order chi connectivity index (χ0) is 10.4. The van der Waals surface area contributed by atoms with Gasteiger partial charge in [-0.3, -0.25) is 0 Å². The van der Waals surface area contributed by atoms with Crippen LogP contribution in [0.15, 0.2) is 30.3 Å². The molecule has 80 valence electrons. The number of rotatable bonds is 4. The second-order valence-electron chi connectivity index (χ2n) is 5.23. The molecule has 0 amide bonds. The second kappa shape index (κ2) is 3.06. The van der Waals surface area contributed by atoms with E-state index >= 15 is 0 Å². The summed E-state index contributed by atoms with van der Waals surface area (Å²) >= 11 is 0. The molecule has 3 fully saturated rings. The molecular weight excluding hydrogens is 188 g/mol. The summed E-state index contributed by atoms with van der Waals surface area (Å²) in [7, 11) is 0. The van der Waals surface area contributed by atoms with Gasteiger partial charge in [-0.2, -0.15) is 0 Å². The predicted molar refractivity (Wildman–Crippen MR) is 57.3 cm³/mol. The number of benzene rings is 1. The Morgan fingerprint density at radius 1 is 1.13 bits per heavy atom. The van der Waals surface area contributed by atoms with Crippen molar-refractivity contribution in [3.63, 3.8) is 0 Å². The first kappa shape index (κ1) is 9.37. The zero-order valence-corrected chi connectivity index (χ0v) is 8.78. The van der Waals surface area contributed by atoms with Gasteiger partial charge in [-0.1, -0.05) is 30.3 Å². The molecule has 15 heavy (non-hydrogen) atoms. The molecule has 2 bridgehead atoms. The lowest BCUT2D eigenvalue weighted by atomic mass is 9.41. The van der Waals surface area contributed by atoms with Crippen LogP contribution in [0.25, 0.3) is 0 Å². The topological polar surface area (TPSA) is 29.5 Å². The first-order chi connectivity index (χ1) is 7.20. The summed E-state index contributed by atoms with van der Waals surface area (Å²) in [6.07, 6.45) is 2.86. The monoisotopic (exact) mass is 204 g/mol. The van der Waals surface area contributed by atoms with Crippen molar-refractivity contribution < 1.29 is 9.84 Å². The molecule has 2 nitrogen and oxygen atoms in total. The Morgan fingerprint density at radius 2 is 1.80 bits per heavy atom. The summed E-state index contributed by atoms with van der Waals surface area (Å²) < 4.78 is 5.70. The zero-order valence-electron chi connectivity index (χ0n) is 8.78. The summed E-state index contributed by atoms with van der Waals surface area (Å²) in [6, 6.07) is 10.2. The van der Waals surface area contributed by atoms with E-state index in [2.05, 4.69) is 12.1 Å². The molecule has 0 heterocycles. The van der Waals surface area contributed by atoms with Crippen molar-refractivity contribution in [2.75, 3.05) is 6.61 Å². The summed E-state index contributed by atoms with van der Waals surface area (Å²) in [5, 5.41) is 9.61. The molecule has 0 saturated heterocycles. The third kappa shape index (κ3) is 1.58. The highest BCUT2D eigenvalue weighted by Gasteiger charge is 2.67. The fraction of sp³-hybridized carbons (Fsp3) is 0.538. The van der Waals surface area contributed by atoms with Crippen LogP contribution in [0, 0.1) is 5.41 Å². The van der Waals surface area contributed by atoms with Gasteiger partial charge in [0.25, 0.3) is 0 Å². The maximum Gasteiger partial charge on any atom is 0.0717 e. The van der Waals surface area contributed by atoms with Gasteiger partial charge in [0, 0.05) is 5.41 Å². The van der Waals surface area contributed by atoms with E-state index in [-0.39, 0.29) is 5.60 Å². The Kier molecular flexibility index (Phi) is 1.91. The van der Waals surface area contributed by atoms with E-state index in [1.165, 1.54) is 5.56 Å². The quantitative estimate of drug-likeness (QED) is 0.814. The van der Waals surface area contributed by atoms with Crippen molar-refractivity contribution in [2.45, 2.75) is 31.5 Å². The minimum Gasteiger partial charge on any atom is -0.390 e. The van der Waals surface area contributed by atoms with Crippen molar-refractivity contribution in [2.24, 2.45) is 5.41 Å². The van der Waals surface area contributed by atoms with Crippen LogP contribution in [0.5, 0.6) is 0 Å². The van der Waals surface area contributed by atoms with E-state index in [0.29, 0.717) is 12.0 Å². The van der Waals surface area contributed by atoms with Gasteiger partial charge in [-0.25, -0.2) is 0 Å². The SMILES string of the molecule is OC12CC(COCc3ccccc3)(C1)C2. The molecule has 0 aromatic heterocycles. The molecule has 2 heteroatoms. The predicted octanol–water partition coefficient (Wildman–Crippen LogP) is 2.12. The fourth-order valence-corrected chi connectivity index (χ4v) is 3.05. The Hall–Kier alpha value is -0.860. The summed E-state index contributed by atoms with van der Waals surface area (Å²) in [5.41, 5.74) is 1.27. The van der Waals surface area contributed by atoms with Crippen LogP contribution in [-0.2, 0) is 11.3 Å². The molecule has 4 rings (SSSR count). The number of aliphatic hydroxyl groups is 1. The normalized spacial score (nSPS) is 36.9. The van der Waals surface area contributed by atoms with Crippen molar-refractivity contribution >= 4 is 0 Å². The van der Waals surface area contributed by atoms with E-state index in [1.807, 2.05) is 18.2 Å². The fourth-order valence-electron chi connectivity index (χ4n) is 3.05. The molecule has 1 aromatic rings. The van der Waals surface area contributed by atoms with Gasteiger partial charge in [0.2, 0.25) is 0 Å². The van der Waals surface area contributed by atoms with Gasteiger partial charge in [0.1, 0.15) is 0 Å². The van der Waals surface area contributed by atoms with Crippen molar-refractivity contribution in [3.8, 4) is 0 Å². The Balaban J connectivity index is 1.45. The lowest BCUT2D eigenvalue weighted by Crippen LogP contribution is -2.68. The summed E-state index contributed by atoms with van der Waals surface area (Å²) in [5.74, 6) is 0. The number of hydrogen-bond donors (Lipinski definition) is 1. The minimum atomic E-state index is -0.296.